The highest BCUT2D eigenvalue weighted by Gasteiger charge is 2.05. The second-order valence-electron chi connectivity index (χ2n) is 3.81. The van der Waals surface area contributed by atoms with Gasteiger partial charge < -0.3 is 14.8 Å². The van der Waals surface area contributed by atoms with Gasteiger partial charge in [-0.25, -0.2) is 9.78 Å². The van der Waals surface area contributed by atoms with Gasteiger partial charge in [0.05, 0.1) is 19.3 Å². The molecule has 100 valence electrons. The Hall–Kier alpha value is -1.62. The predicted octanol–water partition coefficient (Wildman–Crippen LogP) is 2.10. The molecule has 0 bridgehead atoms. The molecule has 0 spiro atoms. The highest BCUT2D eigenvalue weighted by molar-refractivity contribution is 5.89. The summed E-state index contributed by atoms with van der Waals surface area (Å²) in [6, 6.07) is 3.28. The number of carbonyl (C=O) groups excluding carboxylic acids is 1. The van der Waals surface area contributed by atoms with Gasteiger partial charge in [0.2, 0.25) is 0 Å². The topological polar surface area (TPSA) is 60.5 Å². The van der Waals surface area contributed by atoms with Gasteiger partial charge in [-0.2, -0.15) is 0 Å². The summed E-state index contributed by atoms with van der Waals surface area (Å²) in [6.07, 6.45) is 3.79. The molecule has 0 aliphatic rings. The predicted molar refractivity (Wildman–Crippen MR) is 69.8 cm³/mol. The number of hydrogen-bond donors (Lipinski definition) is 1. The van der Waals surface area contributed by atoms with Crippen molar-refractivity contribution in [1.29, 1.82) is 0 Å². The third kappa shape index (κ3) is 5.14. The molecule has 5 heteroatoms. The van der Waals surface area contributed by atoms with E-state index >= 15 is 0 Å². The maximum absolute atomic E-state index is 11.3. The van der Waals surface area contributed by atoms with Gasteiger partial charge in [0.25, 0.3) is 0 Å². The van der Waals surface area contributed by atoms with Crippen molar-refractivity contribution in [1.82, 2.24) is 4.98 Å². The fourth-order valence-corrected chi connectivity index (χ4v) is 1.37. The first kappa shape index (κ1) is 14.4. The van der Waals surface area contributed by atoms with Gasteiger partial charge in [-0.3, -0.25) is 0 Å². The molecule has 1 aromatic rings. The number of nitrogens with zero attached hydrogens (tertiary/aromatic N) is 1. The lowest BCUT2D eigenvalue weighted by molar-refractivity contribution is 0.0600. The summed E-state index contributed by atoms with van der Waals surface area (Å²) in [4.78, 5) is 15.4. The highest BCUT2D eigenvalue weighted by Crippen LogP contribution is 2.07. The van der Waals surface area contributed by atoms with E-state index in [0.717, 1.165) is 19.4 Å². The molecule has 1 aromatic heterocycles. The Balaban J connectivity index is 2.32. The molecule has 0 unspecified atom stereocenters. The molecule has 0 fully saturated rings. The van der Waals surface area contributed by atoms with Crippen LogP contribution in [0.3, 0.4) is 0 Å². The van der Waals surface area contributed by atoms with E-state index in [1.807, 2.05) is 0 Å². The van der Waals surface area contributed by atoms with Crippen molar-refractivity contribution in [3.8, 4) is 0 Å². The zero-order chi connectivity index (χ0) is 13.2. The zero-order valence-corrected chi connectivity index (χ0v) is 10.9. The summed E-state index contributed by atoms with van der Waals surface area (Å²) >= 11 is 0. The van der Waals surface area contributed by atoms with Crippen molar-refractivity contribution >= 4 is 11.8 Å². The number of esters is 1. The molecule has 0 aromatic carbocycles. The maximum Gasteiger partial charge on any atom is 0.338 e. The zero-order valence-electron chi connectivity index (χ0n) is 10.9. The number of carbonyl (C=O) groups is 1. The van der Waals surface area contributed by atoms with Crippen LogP contribution in [0.15, 0.2) is 18.3 Å². The summed E-state index contributed by atoms with van der Waals surface area (Å²) in [5, 5.41) is 3.10. The fourth-order valence-electron chi connectivity index (χ4n) is 1.37. The molecule has 0 radical (unpaired) electrons. The molecule has 0 aliphatic heterocycles. The number of methoxy groups -OCH3 is 1. The quantitative estimate of drug-likeness (QED) is 0.567. The van der Waals surface area contributed by atoms with Gasteiger partial charge in [0.1, 0.15) is 5.82 Å². The Morgan fingerprint density at radius 1 is 1.44 bits per heavy atom. The first-order chi connectivity index (χ1) is 8.77. The van der Waals surface area contributed by atoms with E-state index in [1.54, 1.807) is 18.3 Å². The number of anilines is 1. The largest absolute Gasteiger partial charge is 0.465 e. The van der Waals surface area contributed by atoms with E-state index in [0.29, 0.717) is 24.5 Å². The van der Waals surface area contributed by atoms with Crippen LogP contribution in [0.2, 0.25) is 0 Å². The van der Waals surface area contributed by atoms with Crippen LogP contribution in [-0.2, 0) is 9.47 Å². The van der Waals surface area contributed by atoms with E-state index in [1.165, 1.54) is 7.11 Å². The molecule has 0 atom stereocenters. The lowest BCUT2D eigenvalue weighted by Crippen LogP contribution is -2.11. The van der Waals surface area contributed by atoms with Crippen LogP contribution in [0.25, 0.3) is 0 Å². The summed E-state index contributed by atoms with van der Waals surface area (Å²) in [5.41, 5.74) is 0.488. The number of ether oxygens (including phenoxy) is 2. The van der Waals surface area contributed by atoms with Gasteiger partial charge in [-0.15, -0.1) is 0 Å². The molecular formula is C13H20N2O3. The third-order valence-corrected chi connectivity index (χ3v) is 2.38. The Morgan fingerprint density at radius 2 is 2.28 bits per heavy atom. The standard InChI is InChI=1S/C13H20N2O3/c1-3-4-8-18-9-7-15-12-10-11(5-6-14-12)13(16)17-2/h5-6,10H,3-4,7-9H2,1-2H3,(H,14,15). The van der Waals surface area contributed by atoms with Crippen LogP contribution >= 0.6 is 0 Å². The Bertz CT molecular complexity index is 369. The fraction of sp³-hybridized carbons (Fsp3) is 0.538. The Kier molecular flexibility index (Phi) is 6.79. The van der Waals surface area contributed by atoms with Crippen molar-refractivity contribution in [2.24, 2.45) is 0 Å². The monoisotopic (exact) mass is 252 g/mol. The van der Waals surface area contributed by atoms with Crippen molar-refractivity contribution in [2.75, 3.05) is 32.2 Å². The Labute approximate surface area is 108 Å². The minimum Gasteiger partial charge on any atom is -0.465 e. The van der Waals surface area contributed by atoms with Crippen molar-refractivity contribution in [3.63, 3.8) is 0 Å². The van der Waals surface area contributed by atoms with Crippen LogP contribution in [0, 0.1) is 0 Å². The van der Waals surface area contributed by atoms with Gasteiger partial charge >= 0.3 is 5.97 Å². The molecule has 0 saturated heterocycles. The normalized spacial score (nSPS) is 10.1. The van der Waals surface area contributed by atoms with Crippen LogP contribution < -0.4 is 5.32 Å². The van der Waals surface area contributed by atoms with Crippen molar-refractivity contribution in [3.05, 3.63) is 23.9 Å². The second-order valence-corrected chi connectivity index (χ2v) is 3.81. The van der Waals surface area contributed by atoms with E-state index in [4.69, 9.17) is 4.74 Å². The first-order valence-corrected chi connectivity index (χ1v) is 6.14. The number of nitrogens with one attached hydrogen (secondary N) is 1. The Morgan fingerprint density at radius 3 is 3.00 bits per heavy atom. The number of aromatic nitrogens is 1. The molecule has 18 heavy (non-hydrogen) atoms. The lowest BCUT2D eigenvalue weighted by Gasteiger charge is -2.07. The third-order valence-electron chi connectivity index (χ3n) is 2.38. The van der Waals surface area contributed by atoms with E-state index in [2.05, 4.69) is 22.0 Å². The lowest BCUT2D eigenvalue weighted by atomic mass is 10.2. The molecule has 0 saturated carbocycles. The summed E-state index contributed by atoms with van der Waals surface area (Å²) in [5.74, 6) is 0.289. The number of unbranched alkanes of at least 4 members (excludes halogenated alkanes) is 1. The summed E-state index contributed by atoms with van der Waals surface area (Å²) in [6.45, 7) is 4.21. The molecule has 0 aliphatic carbocycles. The number of rotatable bonds is 8. The molecule has 1 heterocycles. The first-order valence-electron chi connectivity index (χ1n) is 6.14. The summed E-state index contributed by atoms with van der Waals surface area (Å²) in [7, 11) is 1.36. The molecular weight excluding hydrogens is 232 g/mol. The van der Waals surface area contributed by atoms with Gasteiger partial charge in [0, 0.05) is 19.3 Å². The maximum atomic E-state index is 11.3. The summed E-state index contributed by atoms with van der Waals surface area (Å²) < 4.78 is 10.1. The van der Waals surface area contributed by atoms with E-state index in [9.17, 15) is 4.79 Å². The molecule has 1 rings (SSSR count). The van der Waals surface area contributed by atoms with Crippen LogP contribution in [-0.4, -0.2) is 37.8 Å². The van der Waals surface area contributed by atoms with E-state index < -0.39 is 0 Å². The smallest absolute Gasteiger partial charge is 0.338 e. The minimum absolute atomic E-state index is 0.361. The van der Waals surface area contributed by atoms with E-state index in [-0.39, 0.29) is 5.97 Å². The average Bonchev–Trinajstić information content (AvgIpc) is 2.42. The highest BCUT2D eigenvalue weighted by atomic mass is 16.5. The molecule has 0 amide bonds. The second kappa shape index (κ2) is 8.47. The van der Waals surface area contributed by atoms with Crippen LogP contribution in [0.1, 0.15) is 30.1 Å². The van der Waals surface area contributed by atoms with Crippen molar-refractivity contribution in [2.45, 2.75) is 19.8 Å². The molecule has 5 nitrogen and oxygen atoms in total. The van der Waals surface area contributed by atoms with Crippen LogP contribution in [0.4, 0.5) is 5.82 Å². The molecule has 1 N–H and O–H groups in total. The minimum atomic E-state index is -0.361. The van der Waals surface area contributed by atoms with Crippen LogP contribution in [0.5, 0.6) is 0 Å². The van der Waals surface area contributed by atoms with Crippen molar-refractivity contribution < 1.29 is 14.3 Å². The van der Waals surface area contributed by atoms with Gasteiger partial charge in [-0.05, 0) is 18.6 Å². The number of pyridine rings is 1. The number of hydrogen-bond acceptors (Lipinski definition) is 5. The van der Waals surface area contributed by atoms with Gasteiger partial charge in [0.15, 0.2) is 0 Å². The van der Waals surface area contributed by atoms with Gasteiger partial charge in [-0.1, -0.05) is 13.3 Å². The average molecular weight is 252 g/mol. The SMILES string of the molecule is CCCCOCCNc1cc(C(=O)OC)ccn1.